The fraction of sp³-hybridized carbons (Fsp3) is 0.158. The fourth-order valence-electron chi connectivity index (χ4n) is 2.12. The summed E-state index contributed by atoms with van der Waals surface area (Å²) in [5, 5.41) is 3.28. The van der Waals surface area contributed by atoms with Gasteiger partial charge in [0, 0.05) is 29.9 Å². The minimum absolute atomic E-state index is 0.366. The van der Waals surface area contributed by atoms with Crippen LogP contribution in [0.15, 0.2) is 48.5 Å². The highest BCUT2D eigenvalue weighted by molar-refractivity contribution is 6.40. The van der Waals surface area contributed by atoms with Gasteiger partial charge in [-0.15, -0.1) is 6.42 Å². The van der Waals surface area contributed by atoms with Gasteiger partial charge in [0.2, 0.25) is 0 Å². The van der Waals surface area contributed by atoms with Crippen LogP contribution in [0.4, 0.5) is 5.69 Å². The van der Waals surface area contributed by atoms with Crippen LogP contribution in [0.5, 0.6) is 0 Å². The summed E-state index contributed by atoms with van der Waals surface area (Å²) in [6, 6.07) is 14.2. The number of benzene rings is 2. The van der Waals surface area contributed by atoms with Gasteiger partial charge >= 0.3 is 11.8 Å². The highest BCUT2D eigenvalue weighted by atomic mass is 35.5. The van der Waals surface area contributed by atoms with Crippen molar-refractivity contribution in [3.05, 3.63) is 64.7 Å². The summed E-state index contributed by atoms with van der Waals surface area (Å²) in [5.41, 5.74) is 2.25. The lowest BCUT2D eigenvalue weighted by Crippen LogP contribution is -2.41. The lowest BCUT2D eigenvalue weighted by atomic mass is 10.1. The Hall–Kier alpha value is -2.77. The number of likely N-dealkylation sites (N-methyl/N-ethyl adjacent to an activating group) is 1. The van der Waals surface area contributed by atoms with Gasteiger partial charge < -0.3 is 10.2 Å². The Kier molecular flexibility index (Phi) is 6.00. The maximum Gasteiger partial charge on any atom is 0.316 e. The molecule has 4 nitrogen and oxygen atoms in total. The van der Waals surface area contributed by atoms with Crippen LogP contribution in [-0.2, 0) is 16.0 Å². The molecule has 0 saturated carbocycles. The molecule has 0 bridgehead atoms. The topological polar surface area (TPSA) is 49.4 Å². The third-order valence-corrected chi connectivity index (χ3v) is 3.76. The van der Waals surface area contributed by atoms with Gasteiger partial charge in [0.1, 0.15) is 0 Å². The molecule has 5 heteroatoms. The number of nitrogens with one attached hydrogen (secondary N) is 1. The van der Waals surface area contributed by atoms with E-state index in [-0.39, 0.29) is 0 Å². The molecule has 0 aliphatic rings. The summed E-state index contributed by atoms with van der Waals surface area (Å²) in [6.07, 6.45) is 5.96. The van der Waals surface area contributed by atoms with Crippen LogP contribution in [0.2, 0.25) is 5.02 Å². The first kappa shape index (κ1) is 17.6. The number of hydrogen-bond donors (Lipinski definition) is 1. The Labute approximate surface area is 146 Å². The second-order valence-corrected chi connectivity index (χ2v) is 5.63. The predicted molar refractivity (Wildman–Crippen MR) is 96.0 cm³/mol. The average molecular weight is 341 g/mol. The molecule has 0 heterocycles. The highest BCUT2D eigenvalue weighted by Gasteiger charge is 2.19. The van der Waals surface area contributed by atoms with Gasteiger partial charge in [-0.05, 0) is 42.3 Å². The molecule has 2 amide bonds. The molecule has 0 aromatic heterocycles. The second-order valence-electron chi connectivity index (χ2n) is 5.19. The third-order valence-electron chi connectivity index (χ3n) is 3.51. The number of anilines is 1. The molecule has 122 valence electrons. The van der Waals surface area contributed by atoms with Crippen molar-refractivity contribution in [2.45, 2.75) is 6.42 Å². The third kappa shape index (κ3) is 4.61. The van der Waals surface area contributed by atoms with Gasteiger partial charge in [0.05, 0.1) is 0 Å². The van der Waals surface area contributed by atoms with Crippen LogP contribution in [0.25, 0.3) is 0 Å². The zero-order valence-corrected chi connectivity index (χ0v) is 14.0. The molecule has 2 aromatic rings. The highest BCUT2D eigenvalue weighted by Crippen LogP contribution is 2.14. The van der Waals surface area contributed by atoms with Crippen molar-refractivity contribution in [2.75, 3.05) is 18.5 Å². The first-order valence-corrected chi connectivity index (χ1v) is 7.76. The van der Waals surface area contributed by atoms with Gasteiger partial charge in [0.25, 0.3) is 0 Å². The number of carbonyl (C=O) groups excluding carboxylic acids is 2. The first-order chi connectivity index (χ1) is 11.5. The van der Waals surface area contributed by atoms with E-state index < -0.39 is 11.8 Å². The number of halogens is 1. The van der Waals surface area contributed by atoms with Gasteiger partial charge in [-0.3, -0.25) is 9.59 Å². The molecule has 0 aliphatic carbocycles. The monoisotopic (exact) mass is 340 g/mol. The molecule has 0 saturated heterocycles. The quantitative estimate of drug-likeness (QED) is 0.687. The van der Waals surface area contributed by atoms with Crippen LogP contribution < -0.4 is 10.2 Å². The number of amides is 2. The van der Waals surface area contributed by atoms with Crippen LogP contribution >= 0.6 is 11.6 Å². The molecule has 0 radical (unpaired) electrons. The van der Waals surface area contributed by atoms with E-state index >= 15 is 0 Å². The van der Waals surface area contributed by atoms with Gasteiger partial charge in [-0.25, -0.2) is 0 Å². The van der Waals surface area contributed by atoms with Crippen LogP contribution in [-0.4, -0.2) is 25.4 Å². The van der Waals surface area contributed by atoms with Gasteiger partial charge in [0.15, 0.2) is 0 Å². The molecule has 0 unspecified atom stereocenters. The van der Waals surface area contributed by atoms with Gasteiger partial charge in [-0.2, -0.15) is 0 Å². The standard InChI is InChI=1S/C19H17ClN2O2/c1-3-14-5-4-6-17(13-14)22(2)19(24)18(23)21-12-11-15-7-9-16(20)10-8-15/h1,4-10,13H,11-12H2,2H3,(H,21,23). The molecule has 2 aromatic carbocycles. The van der Waals surface area contributed by atoms with E-state index in [1.165, 1.54) is 11.9 Å². The minimum atomic E-state index is -0.655. The molecule has 24 heavy (non-hydrogen) atoms. The van der Waals surface area contributed by atoms with Crippen molar-refractivity contribution in [2.24, 2.45) is 0 Å². The summed E-state index contributed by atoms with van der Waals surface area (Å²) in [6.45, 7) is 0.366. The normalized spacial score (nSPS) is 9.88. The lowest BCUT2D eigenvalue weighted by Gasteiger charge is -2.17. The molecule has 0 aliphatic heterocycles. The van der Waals surface area contributed by atoms with Gasteiger partial charge in [-0.1, -0.05) is 35.7 Å². The number of rotatable bonds is 4. The van der Waals surface area contributed by atoms with E-state index in [4.69, 9.17) is 18.0 Å². The molecular formula is C19H17ClN2O2. The fourth-order valence-corrected chi connectivity index (χ4v) is 2.25. The minimum Gasteiger partial charge on any atom is -0.347 e. The zero-order valence-electron chi connectivity index (χ0n) is 13.3. The van der Waals surface area contributed by atoms with E-state index in [9.17, 15) is 9.59 Å². The van der Waals surface area contributed by atoms with Crippen LogP contribution in [0.1, 0.15) is 11.1 Å². The Balaban J connectivity index is 1.90. The van der Waals surface area contributed by atoms with Crippen LogP contribution in [0.3, 0.4) is 0 Å². The second kappa shape index (κ2) is 8.19. The summed E-state index contributed by atoms with van der Waals surface area (Å²) in [7, 11) is 1.54. The summed E-state index contributed by atoms with van der Waals surface area (Å²) in [4.78, 5) is 25.4. The maximum atomic E-state index is 12.2. The van der Waals surface area contributed by atoms with E-state index in [1.54, 1.807) is 36.4 Å². The lowest BCUT2D eigenvalue weighted by molar-refractivity contribution is -0.137. The van der Waals surface area contributed by atoms with Crippen molar-refractivity contribution < 1.29 is 9.59 Å². The van der Waals surface area contributed by atoms with E-state index in [0.29, 0.717) is 29.2 Å². The number of nitrogens with zero attached hydrogens (tertiary/aromatic N) is 1. The maximum absolute atomic E-state index is 12.2. The Morgan fingerprint density at radius 2 is 1.92 bits per heavy atom. The van der Waals surface area contributed by atoms with Crippen molar-refractivity contribution in [1.82, 2.24) is 5.32 Å². The smallest absolute Gasteiger partial charge is 0.316 e. The molecule has 0 atom stereocenters. The Morgan fingerprint density at radius 1 is 1.21 bits per heavy atom. The zero-order chi connectivity index (χ0) is 17.5. The SMILES string of the molecule is C#Cc1cccc(N(C)C(=O)C(=O)NCCc2ccc(Cl)cc2)c1. The molecule has 1 N–H and O–H groups in total. The van der Waals surface area contributed by atoms with E-state index in [1.807, 2.05) is 12.1 Å². The molecule has 0 spiro atoms. The number of hydrogen-bond acceptors (Lipinski definition) is 2. The first-order valence-electron chi connectivity index (χ1n) is 7.38. The largest absolute Gasteiger partial charge is 0.347 e. The summed E-state index contributed by atoms with van der Waals surface area (Å²) >= 11 is 5.82. The van der Waals surface area contributed by atoms with E-state index in [2.05, 4.69) is 11.2 Å². The van der Waals surface area contributed by atoms with Crippen molar-refractivity contribution >= 4 is 29.1 Å². The van der Waals surface area contributed by atoms with Crippen molar-refractivity contribution in [3.8, 4) is 12.3 Å². The Bertz CT molecular complexity index is 779. The summed E-state index contributed by atoms with van der Waals surface area (Å²) in [5.74, 6) is 1.21. The van der Waals surface area contributed by atoms with E-state index in [0.717, 1.165) is 5.56 Å². The van der Waals surface area contributed by atoms with Crippen molar-refractivity contribution in [3.63, 3.8) is 0 Å². The average Bonchev–Trinajstić information content (AvgIpc) is 2.62. The molecule has 0 fully saturated rings. The Morgan fingerprint density at radius 3 is 2.58 bits per heavy atom. The number of carbonyl (C=O) groups is 2. The number of terminal acetylenes is 1. The van der Waals surface area contributed by atoms with Crippen LogP contribution in [0, 0.1) is 12.3 Å². The predicted octanol–water partition coefficient (Wildman–Crippen LogP) is 2.64. The molecule has 2 rings (SSSR count). The summed E-state index contributed by atoms with van der Waals surface area (Å²) < 4.78 is 0. The van der Waals surface area contributed by atoms with Crippen molar-refractivity contribution in [1.29, 1.82) is 0 Å². The molecular weight excluding hydrogens is 324 g/mol.